The van der Waals surface area contributed by atoms with E-state index >= 15 is 0 Å². The first-order valence-corrected chi connectivity index (χ1v) is 11.5. The summed E-state index contributed by atoms with van der Waals surface area (Å²) in [6.07, 6.45) is 2.81. The third kappa shape index (κ3) is 3.26. The van der Waals surface area contributed by atoms with E-state index in [1.165, 1.54) is 11.1 Å². The molecule has 0 bridgehead atoms. The maximum absolute atomic E-state index is 9.85. The number of fused-ring (bicyclic) bond motifs is 2. The Morgan fingerprint density at radius 3 is 2.59 bits per heavy atom. The van der Waals surface area contributed by atoms with Crippen LogP contribution in [0, 0.1) is 18.3 Å². The van der Waals surface area contributed by atoms with Crippen LogP contribution in [0.4, 0.5) is 5.95 Å². The van der Waals surface area contributed by atoms with Gasteiger partial charge in [0.2, 0.25) is 5.95 Å². The van der Waals surface area contributed by atoms with Crippen LogP contribution in [0.2, 0.25) is 10.0 Å². The molecule has 162 valence electrons. The highest BCUT2D eigenvalue weighted by atomic mass is 35.5. The molecule has 0 unspecified atom stereocenters. The third-order valence-electron chi connectivity index (χ3n) is 7.05. The number of nitriles is 1. The predicted octanol–water partition coefficient (Wildman–Crippen LogP) is 5.05. The number of hydrogen-bond donors (Lipinski definition) is 1. The first-order chi connectivity index (χ1) is 15.4. The molecule has 2 N–H and O–H groups in total. The Balaban J connectivity index is 1.46. The molecule has 1 saturated heterocycles. The first kappa shape index (κ1) is 21.2. The number of halogens is 2. The van der Waals surface area contributed by atoms with Gasteiger partial charge < -0.3 is 10.6 Å². The summed E-state index contributed by atoms with van der Waals surface area (Å²) in [5.74, 6) is 0.579. The molecule has 2 aliphatic rings. The van der Waals surface area contributed by atoms with Crippen LogP contribution in [0.1, 0.15) is 35.4 Å². The van der Waals surface area contributed by atoms with Crippen LogP contribution in [0.15, 0.2) is 42.5 Å². The molecule has 32 heavy (non-hydrogen) atoms. The quantitative estimate of drug-likeness (QED) is 0.574. The Kier molecular flexibility index (Phi) is 5.33. The molecular formula is C25H23Cl2N5. The number of nitrogens with zero attached hydrogens (tertiary/aromatic N) is 4. The summed E-state index contributed by atoms with van der Waals surface area (Å²) in [5, 5.41) is 10.7. The average Bonchev–Trinajstić information content (AvgIpc) is 3.07. The van der Waals surface area contributed by atoms with Crippen LogP contribution in [0.25, 0.3) is 11.1 Å². The van der Waals surface area contributed by atoms with Crippen molar-refractivity contribution in [3.8, 4) is 17.2 Å². The summed E-state index contributed by atoms with van der Waals surface area (Å²) in [5.41, 5.74) is 11.7. The van der Waals surface area contributed by atoms with E-state index in [0.29, 0.717) is 38.5 Å². The molecular weight excluding hydrogens is 441 g/mol. The first-order valence-electron chi connectivity index (χ1n) is 10.8. The molecule has 1 aliphatic heterocycles. The van der Waals surface area contributed by atoms with Crippen molar-refractivity contribution in [2.45, 2.75) is 37.6 Å². The van der Waals surface area contributed by atoms with Gasteiger partial charge in [0.05, 0.1) is 15.7 Å². The lowest BCUT2D eigenvalue weighted by Crippen LogP contribution is -2.51. The Morgan fingerprint density at radius 2 is 1.84 bits per heavy atom. The fourth-order valence-electron chi connectivity index (χ4n) is 5.36. The molecule has 0 radical (unpaired) electrons. The van der Waals surface area contributed by atoms with Gasteiger partial charge in [0.25, 0.3) is 0 Å². The Hall–Kier alpha value is -2.65. The number of anilines is 1. The van der Waals surface area contributed by atoms with Crippen LogP contribution in [0.3, 0.4) is 0 Å². The minimum absolute atomic E-state index is 0.00838. The molecule has 1 fully saturated rings. The second kappa shape index (κ2) is 8.04. The molecule has 2 heterocycles. The summed E-state index contributed by atoms with van der Waals surface area (Å²) < 4.78 is 0. The second-order valence-corrected chi connectivity index (χ2v) is 9.44. The normalized spacial score (nSPS) is 19.1. The van der Waals surface area contributed by atoms with Gasteiger partial charge in [0, 0.05) is 35.7 Å². The zero-order chi connectivity index (χ0) is 22.5. The number of nitrogens with two attached hydrogens (primary N) is 1. The lowest BCUT2D eigenvalue weighted by atomic mass is 9.71. The van der Waals surface area contributed by atoms with Crippen molar-refractivity contribution in [2.75, 3.05) is 18.0 Å². The highest BCUT2D eigenvalue weighted by Gasteiger charge is 2.46. The van der Waals surface area contributed by atoms with E-state index in [1.807, 2.05) is 19.1 Å². The van der Waals surface area contributed by atoms with Gasteiger partial charge in [-0.3, -0.25) is 0 Å². The van der Waals surface area contributed by atoms with E-state index in [1.54, 1.807) is 6.07 Å². The third-order valence-corrected chi connectivity index (χ3v) is 7.87. The van der Waals surface area contributed by atoms with E-state index in [0.717, 1.165) is 32.4 Å². The molecule has 0 saturated carbocycles. The average molecular weight is 464 g/mol. The van der Waals surface area contributed by atoms with Gasteiger partial charge >= 0.3 is 0 Å². The van der Waals surface area contributed by atoms with Crippen LogP contribution in [-0.4, -0.2) is 29.1 Å². The molecule has 2 aromatic carbocycles. The zero-order valence-corrected chi connectivity index (χ0v) is 19.3. The number of rotatable bonds is 2. The summed E-state index contributed by atoms with van der Waals surface area (Å²) in [4.78, 5) is 11.5. The predicted molar refractivity (Wildman–Crippen MR) is 128 cm³/mol. The monoisotopic (exact) mass is 463 g/mol. The van der Waals surface area contributed by atoms with Gasteiger partial charge in [-0.1, -0.05) is 59.6 Å². The molecule has 1 atom stereocenters. The van der Waals surface area contributed by atoms with Crippen molar-refractivity contribution in [3.63, 3.8) is 0 Å². The number of hydrogen-bond acceptors (Lipinski definition) is 5. The molecule has 5 nitrogen and oxygen atoms in total. The second-order valence-electron chi connectivity index (χ2n) is 8.66. The van der Waals surface area contributed by atoms with Gasteiger partial charge in [-0.05, 0) is 43.4 Å². The number of aromatic nitrogens is 2. The van der Waals surface area contributed by atoms with Crippen molar-refractivity contribution in [1.82, 2.24) is 9.97 Å². The van der Waals surface area contributed by atoms with E-state index in [2.05, 4.69) is 40.2 Å². The maximum atomic E-state index is 9.85. The van der Waals surface area contributed by atoms with Crippen molar-refractivity contribution >= 4 is 29.2 Å². The van der Waals surface area contributed by atoms with Crippen LogP contribution in [-0.2, 0) is 11.8 Å². The number of benzene rings is 2. The van der Waals surface area contributed by atoms with Crippen molar-refractivity contribution in [3.05, 3.63) is 75.0 Å². The van der Waals surface area contributed by atoms with Gasteiger partial charge in [-0.25, -0.2) is 9.97 Å². The molecule has 0 amide bonds. The van der Waals surface area contributed by atoms with Gasteiger partial charge in [0.15, 0.2) is 5.69 Å². The molecule has 7 heteroatoms. The summed E-state index contributed by atoms with van der Waals surface area (Å²) in [7, 11) is 0. The molecule has 1 aromatic heterocycles. The summed E-state index contributed by atoms with van der Waals surface area (Å²) >= 11 is 12.6. The van der Waals surface area contributed by atoms with Crippen molar-refractivity contribution in [1.29, 1.82) is 5.26 Å². The topological polar surface area (TPSA) is 78.8 Å². The van der Waals surface area contributed by atoms with E-state index < -0.39 is 0 Å². The van der Waals surface area contributed by atoms with Crippen LogP contribution < -0.4 is 10.6 Å². The molecule has 5 rings (SSSR count). The van der Waals surface area contributed by atoms with Crippen LogP contribution in [0.5, 0.6) is 0 Å². The minimum Gasteiger partial charge on any atom is -0.341 e. The van der Waals surface area contributed by atoms with Crippen LogP contribution >= 0.6 is 23.2 Å². The number of piperidine rings is 1. The van der Waals surface area contributed by atoms with Crippen molar-refractivity contribution < 1.29 is 0 Å². The van der Waals surface area contributed by atoms with Crippen molar-refractivity contribution in [2.24, 2.45) is 5.73 Å². The summed E-state index contributed by atoms with van der Waals surface area (Å²) in [6.45, 7) is 3.47. The Bertz CT molecular complexity index is 1240. The smallest absolute Gasteiger partial charge is 0.226 e. The van der Waals surface area contributed by atoms with Gasteiger partial charge in [-0.2, -0.15) is 5.26 Å². The number of aryl methyl sites for hydroxylation is 1. The lowest BCUT2D eigenvalue weighted by Gasteiger charge is -2.43. The van der Waals surface area contributed by atoms with E-state index in [4.69, 9.17) is 33.9 Å². The highest BCUT2D eigenvalue weighted by Crippen LogP contribution is 2.46. The standard InChI is InChI=1S/C25H23Cl2N5/c1-15-22(17-6-4-8-19(26)23(17)27)20(14-28)31-24(30-15)32-11-9-25(10-12-32)18-7-3-2-5-16(18)13-21(25)29/h2-8,21H,9-13,29H2,1H3/t21-/m1/s1. The Labute approximate surface area is 197 Å². The van der Waals surface area contributed by atoms with Gasteiger partial charge in [0.1, 0.15) is 6.07 Å². The summed E-state index contributed by atoms with van der Waals surface area (Å²) in [6, 6.07) is 16.4. The minimum atomic E-state index is 0.00838. The molecule has 1 spiro atoms. The van der Waals surface area contributed by atoms with E-state index in [9.17, 15) is 5.26 Å². The SMILES string of the molecule is Cc1nc(N2CCC3(CC2)c2ccccc2C[C@H]3N)nc(C#N)c1-c1cccc(Cl)c1Cl. The Morgan fingerprint density at radius 1 is 1.09 bits per heavy atom. The maximum Gasteiger partial charge on any atom is 0.226 e. The highest BCUT2D eigenvalue weighted by molar-refractivity contribution is 6.43. The fraction of sp³-hybridized carbons (Fsp3) is 0.320. The lowest BCUT2D eigenvalue weighted by molar-refractivity contribution is 0.291. The molecule has 3 aromatic rings. The largest absolute Gasteiger partial charge is 0.341 e. The fourth-order valence-corrected chi connectivity index (χ4v) is 5.76. The van der Waals surface area contributed by atoms with Gasteiger partial charge in [-0.15, -0.1) is 0 Å². The zero-order valence-electron chi connectivity index (χ0n) is 17.8. The molecule has 1 aliphatic carbocycles. The van der Waals surface area contributed by atoms with E-state index in [-0.39, 0.29) is 11.5 Å².